The number of rotatable bonds is 7. The molecule has 0 atom stereocenters. The molecule has 1 aromatic heterocycles. The van der Waals surface area contributed by atoms with E-state index in [0.717, 1.165) is 14.0 Å². The largest absolute Gasteiger partial charge is 0.464 e. The lowest BCUT2D eigenvalue weighted by molar-refractivity contribution is -0.147. The van der Waals surface area contributed by atoms with Gasteiger partial charge in [0.1, 0.15) is 13.7 Å². The molecule has 2 aromatic rings. The number of thiazole rings is 1. The highest BCUT2D eigenvalue weighted by molar-refractivity contribution is 7.14. The Labute approximate surface area is 187 Å². The summed E-state index contributed by atoms with van der Waals surface area (Å²) < 4.78 is 82.9. The summed E-state index contributed by atoms with van der Waals surface area (Å²) in [7, 11) is 2.35. The van der Waals surface area contributed by atoms with Gasteiger partial charge in [-0.2, -0.15) is 26.3 Å². The predicted octanol–water partition coefficient (Wildman–Crippen LogP) is 4.95. The maximum Gasteiger partial charge on any atom is 0.443 e. The van der Waals surface area contributed by atoms with Gasteiger partial charge in [-0.1, -0.05) is 28.5 Å². The van der Waals surface area contributed by atoms with Gasteiger partial charge in [0.15, 0.2) is 16.4 Å². The number of halogens is 6. The van der Waals surface area contributed by atoms with E-state index >= 15 is 0 Å². The smallest absolute Gasteiger partial charge is 0.443 e. The molecular formula is C19H17F6N3O4S. The van der Waals surface area contributed by atoms with Gasteiger partial charge in [0.2, 0.25) is 0 Å². The third-order valence-electron chi connectivity index (χ3n) is 4.10. The highest BCUT2D eigenvalue weighted by atomic mass is 32.1. The normalized spacial score (nSPS) is 13.2. The molecule has 0 unspecified atom stereocenters. The van der Waals surface area contributed by atoms with Crippen molar-refractivity contribution in [3.63, 3.8) is 0 Å². The van der Waals surface area contributed by atoms with Crippen LogP contribution in [0.3, 0.4) is 0 Å². The van der Waals surface area contributed by atoms with Crippen LogP contribution in [0.5, 0.6) is 0 Å². The van der Waals surface area contributed by atoms with E-state index in [1.54, 1.807) is 19.1 Å². The Morgan fingerprint density at radius 2 is 1.76 bits per heavy atom. The van der Waals surface area contributed by atoms with E-state index in [-0.39, 0.29) is 29.2 Å². The van der Waals surface area contributed by atoms with E-state index in [1.807, 2.05) is 0 Å². The van der Waals surface area contributed by atoms with E-state index in [4.69, 9.17) is 4.84 Å². The summed E-state index contributed by atoms with van der Waals surface area (Å²) in [5.74, 6) is -0.817. The molecule has 0 saturated heterocycles. The Bertz CT molecular complexity index is 1080. The fraction of sp³-hybridized carbons (Fsp3) is 0.368. The predicted molar refractivity (Wildman–Crippen MR) is 106 cm³/mol. The standard InChI is InChI=1S/C19H17F6N3O4S/c1-9-6-5-7-11(13(28-31-4)16(29)30-3)12(9)8-32-27-10(2)14-15(18(20,21)22)26-17(33-14)19(23,24)25/h5-7H,8H2,1-4H3/b27-10+,28-13+. The monoisotopic (exact) mass is 497 g/mol. The summed E-state index contributed by atoms with van der Waals surface area (Å²) in [6.45, 7) is 2.39. The van der Waals surface area contributed by atoms with E-state index in [0.29, 0.717) is 11.1 Å². The average Bonchev–Trinajstić information content (AvgIpc) is 3.19. The van der Waals surface area contributed by atoms with Crippen molar-refractivity contribution in [3.05, 3.63) is 50.5 Å². The number of oxime groups is 2. The Balaban J connectivity index is 2.39. The van der Waals surface area contributed by atoms with Gasteiger partial charge in [0.25, 0.3) is 0 Å². The molecule has 2 rings (SSSR count). The second kappa shape index (κ2) is 10.2. The molecule has 0 amide bonds. The Hall–Kier alpha value is -3.16. The van der Waals surface area contributed by atoms with Gasteiger partial charge in [-0.15, -0.1) is 11.3 Å². The van der Waals surface area contributed by atoms with Crippen LogP contribution in [-0.4, -0.2) is 36.6 Å². The van der Waals surface area contributed by atoms with E-state index in [1.165, 1.54) is 13.2 Å². The van der Waals surface area contributed by atoms with Crippen LogP contribution in [0.1, 0.15) is 39.2 Å². The summed E-state index contributed by atoms with van der Waals surface area (Å²) in [6, 6.07) is 4.79. The number of carbonyl (C=O) groups is 1. The van der Waals surface area contributed by atoms with E-state index < -0.39 is 39.6 Å². The molecule has 1 aromatic carbocycles. The van der Waals surface area contributed by atoms with E-state index in [9.17, 15) is 31.1 Å². The number of carbonyl (C=O) groups excluding carboxylic acids is 1. The van der Waals surface area contributed by atoms with Crippen molar-refractivity contribution in [1.29, 1.82) is 0 Å². The average molecular weight is 497 g/mol. The fourth-order valence-corrected chi connectivity index (χ4v) is 3.50. The molecule has 0 bridgehead atoms. The molecule has 0 radical (unpaired) electrons. The third-order valence-corrected chi connectivity index (χ3v) is 5.31. The summed E-state index contributed by atoms with van der Waals surface area (Å²) >= 11 is -0.191. The molecule has 180 valence electrons. The second-order valence-corrected chi connectivity index (χ2v) is 7.36. The molecule has 33 heavy (non-hydrogen) atoms. The first-order valence-electron chi connectivity index (χ1n) is 8.91. The number of hydrogen-bond donors (Lipinski definition) is 0. The van der Waals surface area contributed by atoms with Crippen LogP contribution < -0.4 is 0 Å². The number of alkyl halides is 6. The van der Waals surface area contributed by atoms with Crippen molar-refractivity contribution in [2.75, 3.05) is 14.2 Å². The van der Waals surface area contributed by atoms with Crippen molar-refractivity contribution >= 4 is 28.7 Å². The number of hydrogen-bond acceptors (Lipinski definition) is 8. The van der Waals surface area contributed by atoms with Crippen LogP contribution in [0.15, 0.2) is 28.5 Å². The van der Waals surface area contributed by atoms with Crippen LogP contribution in [0.4, 0.5) is 26.3 Å². The van der Waals surface area contributed by atoms with Crippen molar-refractivity contribution in [3.8, 4) is 0 Å². The van der Waals surface area contributed by atoms with Crippen LogP contribution in [-0.2, 0) is 38.2 Å². The number of esters is 1. The molecular weight excluding hydrogens is 480 g/mol. The van der Waals surface area contributed by atoms with Crippen molar-refractivity contribution < 1.29 is 45.5 Å². The van der Waals surface area contributed by atoms with Crippen LogP contribution in [0, 0.1) is 6.92 Å². The molecule has 14 heteroatoms. The highest BCUT2D eigenvalue weighted by Gasteiger charge is 2.43. The molecule has 0 aliphatic carbocycles. The van der Waals surface area contributed by atoms with Crippen molar-refractivity contribution in [2.24, 2.45) is 10.3 Å². The van der Waals surface area contributed by atoms with Crippen molar-refractivity contribution in [2.45, 2.75) is 32.8 Å². The molecule has 7 nitrogen and oxygen atoms in total. The number of aromatic nitrogens is 1. The van der Waals surface area contributed by atoms with Crippen LogP contribution in [0.2, 0.25) is 0 Å². The van der Waals surface area contributed by atoms with Gasteiger partial charge >= 0.3 is 18.3 Å². The summed E-state index contributed by atoms with van der Waals surface area (Å²) in [6.07, 6.45) is -10.2. The minimum atomic E-state index is -5.12. The second-order valence-electron chi connectivity index (χ2n) is 6.36. The Kier molecular flexibility index (Phi) is 8.06. The van der Waals surface area contributed by atoms with E-state index in [2.05, 4.69) is 24.9 Å². The number of methoxy groups -OCH3 is 1. The first kappa shape index (κ1) is 26.1. The molecule has 0 saturated carbocycles. The molecule has 0 aliphatic heterocycles. The quantitative estimate of drug-likeness (QED) is 0.234. The van der Waals surface area contributed by atoms with Gasteiger partial charge in [-0.05, 0) is 19.4 Å². The summed E-state index contributed by atoms with van der Waals surface area (Å²) in [5.41, 5.74) is -1.11. The van der Waals surface area contributed by atoms with Gasteiger partial charge < -0.3 is 14.4 Å². The zero-order valence-electron chi connectivity index (χ0n) is 17.6. The zero-order valence-corrected chi connectivity index (χ0v) is 18.4. The lowest BCUT2D eigenvalue weighted by atomic mass is 9.99. The zero-order chi connectivity index (χ0) is 25.0. The Morgan fingerprint density at radius 1 is 1.09 bits per heavy atom. The molecule has 0 aliphatic rings. The van der Waals surface area contributed by atoms with Crippen LogP contribution in [0.25, 0.3) is 0 Å². The SMILES string of the molecule is CO/N=C(/C(=O)OC)c1cccc(C)c1CO/N=C(\C)c1sc(C(F)(F)F)nc1C(F)(F)F. The van der Waals surface area contributed by atoms with Crippen molar-refractivity contribution in [1.82, 2.24) is 4.98 Å². The first-order chi connectivity index (χ1) is 15.3. The maximum atomic E-state index is 13.2. The highest BCUT2D eigenvalue weighted by Crippen LogP contribution is 2.40. The van der Waals surface area contributed by atoms with Crippen LogP contribution >= 0.6 is 11.3 Å². The van der Waals surface area contributed by atoms with Gasteiger partial charge in [0.05, 0.1) is 17.7 Å². The lowest BCUT2D eigenvalue weighted by Gasteiger charge is -2.12. The minimum Gasteiger partial charge on any atom is -0.464 e. The number of aryl methyl sites for hydroxylation is 1. The molecule has 0 spiro atoms. The van der Waals surface area contributed by atoms with Gasteiger partial charge in [0, 0.05) is 11.1 Å². The maximum absolute atomic E-state index is 13.2. The minimum absolute atomic E-state index is 0.191. The number of ether oxygens (including phenoxy) is 1. The fourth-order valence-electron chi connectivity index (χ4n) is 2.61. The lowest BCUT2D eigenvalue weighted by Crippen LogP contribution is -2.20. The third kappa shape index (κ3) is 6.21. The Morgan fingerprint density at radius 3 is 2.30 bits per heavy atom. The molecule has 0 fully saturated rings. The van der Waals surface area contributed by atoms with Gasteiger partial charge in [-0.3, -0.25) is 0 Å². The number of benzene rings is 1. The first-order valence-corrected chi connectivity index (χ1v) is 9.73. The molecule has 1 heterocycles. The molecule has 0 N–H and O–H groups in total. The summed E-state index contributed by atoms with van der Waals surface area (Å²) in [5, 5.41) is 5.53. The topological polar surface area (TPSA) is 82.4 Å². The summed E-state index contributed by atoms with van der Waals surface area (Å²) in [4.78, 5) is 23.7. The van der Waals surface area contributed by atoms with Gasteiger partial charge in [-0.25, -0.2) is 9.78 Å². The number of nitrogens with zero attached hydrogens (tertiary/aromatic N) is 3.